The van der Waals surface area contributed by atoms with E-state index in [1.54, 1.807) is 20.1 Å². The number of methoxy groups -OCH3 is 1. The Kier molecular flexibility index (Phi) is 3.28. The summed E-state index contributed by atoms with van der Waals surface area (Å²) in [5.74, 6) is 5.14. The molecular weight excluding hydrogens is 292 g/mol. The van der Waals surface area contributed by atoms with Gasteiger partial charge in [0.2, 0.25) is 0 Å². The van der Waals surface area contributed by atoms with Crippen molar-refractivity contribution < 1.29 is 19.1 Å². The Morgan fingerprint density at radius 1 is 1.13 bits per heavy atom. The zero-order chi connectivity index (χ0) is 16.1. The van der Waals surface area contributed by atoms with Crippen molar-refractivity contribution in [3.63, 3.8) is 0 Å². The zero-order valence-corrected chi connectivity index (χ0v) is 13.2. The third-order valence-electron chi connectivity index (χ3n) is 5.31. The van der Waals surface area contributed by atoms with Crippen LogP contribution < -0.4 is 4.74 Å². The molecule has 2 bridgehead atoms. The molecule has 1 aromatic carbocycles. The summed E-state index contributed by atoms with van der Waals surface area (Å²) in [6, 6.07) is 5.45. The molecule has 4 nitrogen and oxygen atoms in total. The second-order valence-corrected chi connectivity index (χ2v) is 6.41. The molecule has 0 aromatic heterocycles. The number of hydrogen-bond donors (Lipinski definition) is 0. The number of ether oxygens (including phenoxy) is 2. The van der Waals surface area contributed by atoms with E-state index in [0.717, 1.165) is 18.4 Å². The maximum Gasteiger partial charge on any atom is 0.154 e. The predicted molar refractivity (Wildman–Crippen MR) is 83.2 cm³/mol. The third-order valence-corrected chi connectivity index (χ3v) is 5.31. The lowest BCUT2D eigenvalue weighted by molar-refractivity contribution is -0.127. The standard InChI is InChI=1S/C19H18O4/c1-3-4-10-5-6-11(14(9-10)22-2)15-18(20)16-12-7-8-13(23-12)17(16)19(15)21/h5-6,9,12-13,15-17H,7-8H2,1-2H3. The van der Waals surface area contributed by atoms with Gasteiger partial charge in [0.15, 0.2) is 11.6 Å². The number of carbonyl (C=O) groups excluding carboxylic acids is 2. The van der Waals surface area contributed by atoms with Crippen molar-refractivity contribution in [2.24, 2.45) is 11.8 Å². The van der Waals surface area contributed by atoms with E-state index in [2.05, 4.69) is 11.8 Å². The van der Waals surface area contributed by atoms with Gasteiger partial charge >= 0.3 is 0 Å². The van der Waals surface area contributed by atoms with Crippen LogP contribution in [0.5, 0.6) is 5.75 Å². The van der Waals surface area contributed by atoms with Gasteiger partial charge < -0.3 is 9.47 Å². The van der Waals surface area contributed by atoms with E-state index < -0.39 is 5.92 Å². The number of rotatable bonds is 2. The van der Waals surface area contributed by atoms with Gasteiger partial charge in [0, 0.05) is 11.1 Å². The molecule has 3 fully saturated rings. The average molecular weight is 310 g/mol. The highest BCUT2D eigenvalue weighted by atomic mass is 16.5. The van der Waals surface area contributed by atoms with Crippen LogP contribution in [0.1, 0.15) is 36.8 Å². The molecule has 4 rings (SSSR count). The van der Waals surface area contributed by atoms with Gasteiger partial charge in [-0.1, -0.05) is 12.0 Å². The normalized spacial score (nSPS) is 34.3. The topological polar surface area (TPSA) is 52.6 Å². The Labute approximate surface area is 135 Å². The second kappa shape index (κ2) is 5.21. The van der Waals surface area contributed by atoms with Gasteiger partial charge in [-0.3, -0.25) is 9.59 Å². The van der Waals surface area contributed by atoms with Gasteiger partial charge in [0.05, 0.1) is 31.2 Å². The highest BCUT2D eigenvalue weighted by Crippen LogP contribution is 2.53. The van der Waals surface area contributed by atoms with Crippen molar-refractivity contribution in [2.75, 3.05) is 7.11 Å². The lowest BCUT2D eigenvalue weighted by Crippen LogP contribution is -2.29. The Morgan fingerprint density at radius 3 is 2.35 bits per heavy atom. The van der Waals surface area contributed by atoms with E-state index in [-0.39, 0.29) is 35.6 Å². The summed E-state index contributed by atoms with van der Waals surface area (Å²) in [5.41, 5.74) is 1.48. The highest BCUT2D eigenvalue weighted by Gasteiger charge is 2.63. The van der Waals surface area contributed by atoms with E-state index in [0.29, 0.717) is 11.3 Å². The lowest BCUT2D eigenvalue weighted by Gasteiger charge is -2.16. The van der Waals surface area contributed by atoms with Gasteiger partial charge in [-0.05, 0) is 31.9 Å². The Hall–Kier alpha value is -2.12. The molecule has 0 amide bonds. The number of fused-ring (bicyclic) bond motifs is 5. The smallest absolute Gasteiger partial charge is 0.154 e. The van der Waals surface area contributed by atoms with Crippen LogP contribution in [0.15, 0.2) is 18.2 Å². The van der Waals surface area contributed by atoms with Gasteiger partial charge in [-0.25, -0.2) is 0 Å². The Morgan fingerprint density at radius 2 is 1.78 bits per heavy atom. The first-order valence-electron chi connectivity index (χ1n) is 7.99. The monoisotopic (exact) mass is 310 g/mol. The molecule has 1 aliphatic carbocycles. The molecule has 23 heavy (non-hydrogen) atoms. The fourth-order valence-electron chi connectivity index (χ4n) is 4.40. The van der Waals surface area contributed by atoms with Gasteiger partial charge in [-0.2, -0.15) is 0 Å². The summed E-state index contributed by atoms with van der Waals surface area (Å²) in [6.45, 7) is 1.77. The quantitative estimate of drug-likeness (QED) is 0.620. The number of carbonyl (C=O) groups is 2. The summed E-state index contributed by atoms with van der Waals surface area (Å²) in [7, 11) is 1.56. The number of hydrogen-bond acceptors (Lipinski definition) is 4. The van der Waals surface area contributed by atoms with Crippen molar-refractivity contribution in [3.05, 3.63) is 29.3 Å². The molecule has 4 unspecified atom stereocenters. The molecule has 1 saturated carbocycles. The molecule has 4 atom stereocenters. The molecule has 2 aliphatic heterocycles. The molecule has 0 spiro atoms. The number of benzene rings is 1. The van der Waals surface area contributed by atoms with Crippen LogP contribution in [-0.4, -0.2) is 30.9 Å². The predicted octanol–water partition coefficient (Wildman–Crippen LogP) is 2.10. The SMILES string of the molecule is CC#Cc1ccc(C2C(=O)C3C4CCC(O4)C3C2=O)c(OC)c1. The third kappa shape index (κ3) is 1.96. The van der Waals surface area contributed by atoms with Crippen molar-refractivity contribution in [3.8, 4) is 17.6 Å². The van der Waals surface area contributed by atoms with E-state index in [1.807, 2.05) is 12.1 Å². The van der Waals surface area contributed by atoms with Gasteiger partial charge in [0.25, 0.3) is 0 Å². The second-order valence-electron chi connectivity index (χ2n) is 6.41. The zero-order valence-electron chi connectivity index (χ0n) is 13.2. The largest absolute Gasteiger partial charge is 0.496 e. The molecular formula is C19H18O4. The highest BCUT2D eigenvalue weighted by molar-refractivity contribution is 6.17. The van der Waals surface area contributed by atoms with Crippen LogP contribution in [0.3, 0.4) is 0 Å². The fraction of sp³-hybridized carbons (Fsp3) is 0.474. The van der Waals surface area contributed by atoms with Gasteiger partial charge in [-0.15, -0.1) is 5.92 Å². The summed E-state index contributed by atoms with van der Waals surface area (Å²) >= 11 is 0. The Balaban J connectivity index is 1.75. The average Bonchev–Trinajstić information content (AvgIpc) is 3.22. The molecule has 1 aromatic rings. The minimum Gasteiger partial charge on any atom is -0.496 e. The first kappa shape index (κ1) is 14.5. The number of Topliss-reactive ketones (excluding diaryl/α,β-unsaturated/α-hetero) is 2. The summed E-state index contributed by atoms with van der Waals surface area (Å²) in [5, 5.41) is 0. The van der Waals surface area contributed by atoms with Crippen LogP contribution in [0, 0.1) is 23.7 Å². The van der Waals surface area contributed by atoms with Crippen molar-refractivity contribution in [2.45, 2.75) is 37.9 Å². The minimum atomic E-state index is -0.712. The van der Waals surface area contributed by atoms with Crippen molar-refractivity contribution in [1.82, 2.24) is 0 Å². The van der Waals surface area contributed by atoms with Crippen LogP contribution in [0.4, 0.5) is 0 Å². The Bertz CT molecular complexity index is 726. The molecule has 2 heterocycles. The van der Waals surface area contributed by atoms with Crippen molar-refractivity contribution >= 4 is 11.6 Å². The van der Waals surface area contributed by atoms with Crippen LogP contribution >= 0.6 is 0 Å². The van der Waals surface area contributed by atoms with E-state index in [4.69, 9.17) is 9.47 Å². The molecule has 0 N–H and O–H groups in total. The van der Waals surface area contributed by atoms with E-state index in [9.17, 15) is 9.59 Å². The molecule has 2 saturated heterocycles. The summed E-state index contributed by atoms with van der Waals surface area (Å²) in [4.78, 5) is 25.8. The fourth-order valence-corrected chi connectivity index (χ4v) is 4.40. The lowest BCUT2D eigenvalue weighted by atomic mass is 9.81. The van der Waals surface area contributed by atoms with E-state index >= 15 is 0 Å². The maximum atomic E-state index is 12.9. The maximum absolute atomic E-state index is 12.9. The van der Waals surface area contributed by atoms with Crippen LogP contribution in [0.25, 0.3) is 0 Å². The van der Waals surface area contributed by atoms with Crippen LogP contribution in [0.2, 0.25) is 0 Å². The molecule has 3 aliphatic rings. The van der Waals surface area contributed by atoms with Gasteiger partial charge in [0.1, 0.15) is 11.7 Å². The molecule has 0 radical (unpaired) electrons. The van der Waals surface area contributed by atoms with E-state index in [1.165, 1.54) is 0 Å². The minimum absolute atomic E-state index is 0.000161. The summed E-state index contributed by atoms with van der Waals surface area (Å²) < 4.78 is 11.2. The van der Waals surface area contributed by atoms with Crippen LogP contribution in [-0.2, 0) is 14.3 Å². The summed E-state index contributed by atoms with van der Waals surface area (Å²) in [6.07, 6.45) is 1.64. The first-order valence-corrected chi connectivity index (χ1v) is 7.99. The molecule has 4 heteroatoms. The number of ketones is 2. The molecule has 118 valence electrons. The van der Waals surface area contributed by atoms with Crippen molar-refractivity contribution in [1.29, 1.82) is 0 Å². The first-order chi connectivity index (χ1) is 11.2.